The van der Waals surface area contributed by atoms with E-state index < -0.39 is 0 Å². The maximum absolute atomic E-state index is 9.09. The van der Waals surface area contributed by atoms with Gasteiger partial charge in [0.1, 0.15) is 0 Å². The molecule has 2 rings (SSSR count). The molecule has 1 unspecified atom stereocenters. The summed E-state index contributed by atoms with van der Waals surface area (Å²) >= 11 is 0. The fraction of sp³-hybridized carbons (Fsp3) is 0.562. The molecule has 0 spiro atoms. The van der Waals surface area contributed by atoms with E-state index in [1.165, 1.54) is 29.7 Å². The van der Waals surface area contributed by atoms with Crippen molar-refractivity contribution >= 4 is 5.69 Å². The zero-order valence-electron chi connectivity index (χ0n) is 11.9. The van der Waals surface area contributed by atoms with Crippen molar-refractivity contribution in [3.8, 4) is 6.07 Å². The zero-order chi connectivity index (χ0) is 13.7. The van der Waals surface area contributed by atoms with Crippen LogP contribution in [0.5, 0.6) is 0 Å². The van der Waals surface area contributed by atoms with Gasteiger partial charge in [0.15, 0.2) is 0 Å². The van der Waals surface area contributed by atoms with Crippen LogP contribution in [0.15, 0.2) is 18.2 Å². The summed E-state index contributed by atoms with van der Waals surface area (Å²) in [5.74, 6) is 0. The summed E-state index contributed by atoms with van der Waals surface area (Å²) in [4.78, 5) is 2.43. The van der Waals surface area contributed by atoms with Crippen LogP contribution in [0.25, 0.3) is 0 Å². The second-order valence-electron chi connectivity index (χ2n) is 5.25. The minimum Gasteiger partial charge on any atom is -0.371 e. The lowest BCUT2D eigenvalue weighted by atomic mass is 9.99. The molecule has 3 heteroatoms. The van der Waals surface area contributed by atoms with Crippen LogP contribution in [-0.4, -0.2) is 25.7 Å². The number of nitrogens with one attached hydrogen (secondary N) is 1. The van der Waals surface area contributed by atoms with Gasteiger partial charge >= 0.3 is 0 Å². The van der Waals surface area contributed by atoms with Crippen LogP contribution in [-0.2, 0) is 6.42 Å². The van der Waals surface area contributed by atoms with Crippen LogP contribution in [0.4, 0.5) is 5.69 Å². The highest BCUT2D eigenvalue weighted by Crippen LogP contribution is 2.28. The number of rotatable bonds is 5. The molecular formula is C16H23N3. The van der Waals surface area contributed by atoms with E-state index in [9.17, 15) is 0 Å². The minimum atomic E-state index is -0.0270. The van der Waals surface area contributed by atoms with E-state index in [0.717, 1.165) is 26.1 Å². The van der Waals surface area contributed by atoms with Gasteiger partial charge in [0, 0.05) is 18.8 Å². The van der Waals surface area contributed by atoms with Gasteiger partial charge in [0.05, 0.1) is 12.1 Å². The summed E-state index contributed by atoms with van der Waals surface area (Å²) in [7, 11) is 0. The highest BCUT2D eigenvalue weighted by molar-refractivity contribution is 5.56. The topological polar surface area (TPSA) is 39.1 Å². The van der Waals surface area contributed by atoms with Crippen LogP contribution >= 0.6 is 0 Å². The van der Waals surface area contributed by atoms with Crippen molar-refractivity contribution in [1.82, 2.24) is 5.32 Å². The van der Waals surface area contributed by atoms with Crippen LogP contribution in [0, 0.1) is 18.3 Å². The number of nitrogens with zero attached hydrogens (tertiary/aromatic N) is 2. The molecule has 0 radical (unpaired) electrons. The van der Waals surface area contributed by atoms with Crippen LogP contribution < -0.4 is 10.2 Å². The van der Waals surface area contributed by atoms with Crippen molar-refractivity contribution in [3.05, 3.63) is 29.3 Å². The Hall–Kier alpha value is -1.53. The lowest BCUT2D eigenvalue weighted by molar-refractivity contribution is 0.564. The van der Waals surface area contributed by atoms with E-state index in [1.807, 2.05) is 6.92 Å². The minimum absolute atomic E-state index is 0.0270. The molecule has 102 valence electrons. The average molecular weight is 257 g/mol. The molecule has 1 aromatic rings. The first kappa shape index (κ1) is 13.9. The molecule has 1 N–H and O–H groups in total. The molecule has 3 nitrogen and oxygen atoms in total. The van der Waals surface area contributed by atoms with Gasteiger partial charge in [0.2, 0.25) is 0 Å². The van der Waals surface area contributed by atoms with Gasteiger partial charge in [-0.25, -0.2) is 0 Å². The number of hydrogen-bond donors (Lipinski definition) is 1. The third kappa shape index (κ3) is 3.48. The monoisotopic (exact) mass is 257 g/mol. The summed E-state index contributed by atoms with van der Waals surface area (Å²) in [5.41, 5.74) is 4.16. The second-order valence-corrected chi connectivity index (χ2v) is 5.25. The standard InChI is InChI=1S/C16H23N3/c1-3-18-15(12-17)8-10-19-9-4-5-14-11-13(2)6-7-16(14)19/h6-7,11,15,18H,3-5,8-10H2,1-2H3. The molecule has 0 saturated carbocycles. The number of fused-ring (bicyclic) bond motifs is 1. The van der Waals surface area contributed by atoms with Crippen molar-refractivity contribution in [2.24, 2.45) is 0 Å². The van der Waals surface area contributed by atoms with E-state index in [1.54, 1.807) is 0 Å². The first-order chi connectivity index (χ1) is 9.24. The van der Waals surface area contributed by atoms with E-state index in [4.69, 9.17) is 5.26 Å². The quantitative estimate of drug-likeness (QED) is 0.881. The molecule has 1 heterocycles. The van der Waals surface area contributed by atoms with Crippen LogP contribution in [0.2, 0.25) is 0 Å². The predicted octanol–water partition coefficient (Wildman–Crippen LogP) is 2.64. The molecule has 1 aliphatic heterocycles. The van der Waals surface area contributed by atoms with Gasteiger partial charge in [-0.15, -0.1) is 0 Å². The fourth-order valence-electron chi connectivity index (χ4n) is 2.78. The molecule has 1 aromatic carbocycles. The first-order valence-corrected chi connectivity index (χ1v) is 7.22. The lowest BCUT2D eigenvalue weighted by Gasteiger charge is -2.32. The molecule has 1 atom stereocenters. The van der Waals surface area contributed by atoms with Gasteiger partial charge in [-0.2, -0.15) is 5.26 Å². The molecule has 0 fully saturated rings. The van der Waals surface area contributed by atoms with Gasteiger partial charge in [-0.05, 0) is 44.4 Å². The second kappa shape index (κ2) is 6.58. The maximum atomic E-state index is 9.09. The highest BCUT2D eigenvalue weighted by Gasteiger charge is 2.17. The molecule has 0 amide bonds. The van der Waals surface area contributed by atoms with Crippen LogP contribution in [0.3, 0.4) is 0 Å². The average Bonchev–Trinajstić information content (AvgIpc) is 2.43. The Balaban J connectivity index is 2.02. The summed E-state index contributed by atoms with van der Waals surface area (Å²) in [5, 5.41) is 12.3. The summed E-state index contributed by atoms with van der Waals surface area (Å²) in [6.45, 7) is 7.12. The Morgan fingerprint density at radius 2 is 2.32 bits per heavy atom. The smallest absolute Gasteiger partial charge is 0.0969 e. The molecule has 0 saturated heterocycles. The van der Waals surface area contributed by atoms with Crippen molar-refractivity contribution in [2.45, 2.75) is 39.2 Å². The van der Waals surface area contributed by atoms with Crippen molar-refractivity contribution in [1.29, 1.82) is 5.26 Å². The number of benzene rings is 1. The van der Waals surface area contributed by atoms with Gasteiger partial charge < -0.3 is 10.2 Å². The van der Waals surface area contributed by atoms with Gasteiger partial charge in [-0.3, -0.25) is 0 Å². The lowest BCUT2D eigenvalue weighted by Crippen LogP contribution is -2.35. The van der Waals surface area contributed by atoms with Crippen molar-refractivity contribution in [3.63, 3.8) is 0 Å². The van der Waals surface area contributed by atoms with Gasteiger partial charge in [-0.1, -0.05) is 24.6 Å². The number of anilines is 1. The van der Waals surface area contributed by atoms with E-state index in [-0.39, 0.29) is 6.04 Å². The SMILES string of the molecule is CCNC(C#N)CCN1CCCc2cc(C)ccc21. The summed E-state index contributed by atoms with van der Waals surface area (Å²) < 4.78 is 0. The third-order valence-electron chi connectivity index (χ3n) is 3.74. The van der Waals surface area contributed by atoms with Crippen molar-refractivity contribution in [2.75, 3.05) is 24.5 Å². The zero-order valence-corrected chi connectivity index (χ0v) is 11.9. The number of nitriles is 1. The highest BCUT2D eigenvalue weighted by atomic mass is 15.1. The van der Waals surface area contributed by atoms with E-state index in [2.05, 4.69) is 41.4 Å². The van der Waals surface area contributed by atoms with Crippen molar-refractivity contribution < 1.29 is 0 Å². The Morgan fingerprint density at radius 1 is 1.47 bits per heavy atom. The normalized spacial score (nSPS) is 15.7. The molecular weight excluding hydrogens is 234 g/mol. The Bertz CT molecular complexity index is 462. The Morgan fingerprint density at radius 3 is 3.05 bits per heavy atom. The van der Waals surface area contributed by atoms with Gasteiger partial charge in [0.25, 0.3) is 0 Å². The molecule has 19 heavy (non-hydrogen) atoms. The largest absolute Gasteiger partial charge is 0.371 e. The molecule has 0 bridgehead atoms. The van der Waals surface area contributed by atoms with E-state index in [0.29, 0.717) is 0 Å². The molecule has 1 aliphatic rings. The van der Waals surface area contributed by atoms with E-state index >= 15 is 0 Å². The Labute approximate surface area is 116 Å². The fourth-order valence-corrected chi connectivity index (χ4v) is 2.78. The molecule has 0 aromatic heterocycles. The number of aryl methyl sites for hydroxylation is 2. The number of hydrogen-bond acceptors (Lipinski definition) is 3. The maximum Gasteiger partial charge on any atom is 0.0969 e. The molecule has 0 aliphatic carbocycles. The Kier molecular flexibility index (Phi) is 4.81. The summed E-state index contributed by atoms with van der Waals surface area (Å²) in [6.07, 6.45) is 3.29. The first-order valence-electron chi connectivity index (χ1n) is 7.22. The summed E-state index contributed by atoms with van der Waals surface area (Å²) in [6, 6.07) is 9.03. The van der Waals surface area contributed by atoms with Crippen LogP contribution in [0.1, 0.15) is 30.9 Å². The third-order valence-corrected chi connectivity index (χ3v) is 3.74. The predicted molar refractivity (Wildman–Crippen MR) is 79.4 cm³/mol.